The molecule has 0 amide bonds. The molecule has 1 aliphatic rings. The molecule has 2 heterocycles. The van der Waals surface area contributed by atoms with Gasteiger partial charge in [-0.05, 0) is 64.0 Å². The zero-order valence-corrected chi connectivity index (χ0v) is 19.4. The molecule has 0 aliphatic carbocycles. The van der Waals surface area contributed by atoms with Gasteiger partial charge in [0.25, 0.3) is 0 Å². The Balaban J connectivity index is 2.05. The van der Waals surface area contributed by atoms with Crippen molar-refractivity contribution in [2.75, 3.05) is 14.2 Å². The highest BCUT2D eigenvalue weighted by Gasteiger charge is 2.30. The third-order valence-electron chi connectivity index (χ3n) is 5.59. The molecule has 0 radical (unpaired) electrons. The standard InChI is InChI=1S/C27H28O5/c1-16(2)7-12-19-24-20(13-14-27(3,4)32-24)26-22(25(19)30-6)23(28)21(15-31-26)17-8-10-18(29-5)11-9-17/h7-11,13-15H,12H2,1-6H3. The van der Waals surface area contributed by atoms with Crippen molar-refractivity contribution in [3.05, 3.63) is 69.6 Å². The van der Waals surface area contributed by atoms with Crippen molar-refractivity contribution in [1.82, 2.24) is 0 Å². The molecule has 0 atom stereocenters. The second kappa shape index (κ2) is 8.23. The summed E-state index contributed by atoms with van der Waals surface area (Å²) in [7, 11) is 3.19. The van der Waals surface area contributed by atoms with Crippen LogP contribution in [0.5, 0.6) is 17.2 Å². The zero-order valence-electron chi connectivity index (χ0n) is 19.4. The SMILES string of the molecule is COc1ccc(-c2coc3c4c(c(CC=C(C)C)c(OC)c3c2=O)OC(C)(C)C=C4)cc1. The molecule has 0 bridgehead atoms. The Bertz CT molecular complexity index is 1290. The molecule has 5 heteroatoms. The van der Waals surface area contributed by atoms with Crippen LogP contribution in [0.15, 0.2) is 57.5 Å². The number of hydrogen-bond acceptors (Lipinski definition) is 5. The van der Waals surface area contributed by atoms with Crippen LogP contribution in [0, 0.1) is 0 Å². The lowest BCUT2D eigenvalue weighted by molar-refractivity contribution is 0.157. The fourth-order valence-electron chi connectivity index (χ4n) is 3.93. The van der Waals surface area contributed by atoms with Crippen LogP contribution in [-0.4, -0.2) is 19.8 Å². The molecule has 2 aromatic carbocycles. The monoisotopic (exact) mass is 432 g/mol. The molecule has 0 N–H and O–H groups in total. The van der Waals surface area contributed by atoms with Crippen molar-refractivity contribution < 1.29 is 18.6 Å². The maximum atomic E-state index is 13.7. The quantitative estimate of drug-likeness (QED) is 0.451. The molecule has 32 heavy (non-hydrogen) atoms. The second-order valence-corrected chi connectivity index (χ2v) is 8.69. The van der Waals surface area contributed by atoms with Gasteiger partial charge in [0.05, 0.1) is 25.3 Å². The van der Waals surface area contributed by atoms with Crippen molar-refractivity contribution in [3.8, 4) is 28.4 Å². The van der Waals surface area contributed by atoms with Crippen molar-refractivity contribution >= 4 is 17.0 Å². The first-order valence-electron chi connectivity index (χ1n) is 10.6. The minimum Gasteiger partial charge on any atom is -0.497 e. The van der Waals surface area contributed by atoms with Gasteiger partial charge in [0.1, 0.15) is 34.5 Å². The van der Waals surface area contributed by atoms with E-state index in [0.29, 0.717) is 34.5 Å². The Morgan fingerprint density at radius 1 is 1.09 bits per heavy atom. The number of hydrogen-bond donors (Lipinski definition) is 0. The number of fused-ring (bicyclic) bond motifs is 3. The minimum absolute atomic E-state index is 0.146. The first-order valence-corrected chi connectivity index (χ1v) is 10.6. The number of benzene rings is 2. The van der Waals surface area contributed by atoms with Gasteiger partial charge in [-0.25, -0.2) is 0 Å². The van der Waals surface area contributed by atoms with Crippen LogP contribution in [0.1, 0.15) is 38.8 Å². The number of methoxy groups -OCH3 is 2. The van der Waals surface area contributed by atoms with E-state index in [1.165, 1.54) is 11.8 Å². The van der Waals surface area contributed by atoms with E-state index >= 15 is 0 Å². The van der Waals surface area contributed by atoms with Crippen molar-refractivity contribution in [3.63, 3.8) is 0 Å². The van der Waals surface area contributed by atoms with E-state index in [9.17, 15) is 4.79 Å². The Morgan fingerprint density at radius 2 is 1.81 bits per heavy atom. The van der Waals surface area contributed by atoms with Gasteiger partial charge < -0.3 is 18.6 Å². The Labute approximate surface area is 187 Å². The van der Waals surface area contributed by atoms with E-state index in [2.05, 4.69) is 6.08 Å². The van der Waals surface area contributed by atoms with E-state index in [-0.39, 0.29) is 5.43 Å². The molecule has 166 valence electrons. The zero-order chi connectivity index (χ0) is 23.0. The van der Waals surface area contributed by atoms with E-state index in [1.54, 1.807) is 14.2 Å². The average molecular weight is 433 g/mol. The lowest BCUT2D eigenvalue weighted by Crippen LogP contribution is -2.28. The first kappa shape index (κ1) is 21.8. The molecule has 0 saturated carbocycles. The fourth-order valence-corrected chi connectivity index (χ4v) is 3.93. The van der Waals surface area contributed by atoms with E-state index in [0.717, 1.165) is 22.4 Å². The van der Waals surface area contributed by atoms with Crippen LogP contribution in [0.25, 0.3) is 28.2 Å². The summed E-state index contributed by atoms with van der Waals surface area (Å²) in [5.74, 6) is 1.91. The lowest BCUT2D eigenvalue weighted by atomic mass is 9.93. The predicted octanol–water partition coefficient (Wildman–Crippen LogP) is 6.17. The number of rotatable bonds is 5. The molecule has 5 nitrogen and oxygen atoms in total. The van der Waals surface area contributed by atoms with E-state index in [4.69, 9.17) is 18.6 Å². The molecule has 0 fully saturated rings. The normalized spacial score (nSPS) is 13.9. The molecule has 0 saturated heterocycles. The van der Waals surface area contributed by atoms with Crippen LogP contribution >= 0.6 is 0 Å². The summed E-state index contributed by atoms with van der Waals surface area (Å²) in [6, 6.07) is 7.33. The highest BCUT2D eigenvalue weighted by molar-refractivity contribution is 5.97. The third-order valence-corrected chi connectivity index (χ3v) is 5.59. The number of allylic oxidation sites excluding steroid dienone is 2. The Hall–Kier alpha value is -3.47. The van der Waals surface area contributed by atoms with Crippen molar-refractivity contribution in [2.45, 2.75) is 39.7 Å². The van der Waals surface area contributed by atoms with Crippen molar-refractivity contribution in [1.29, 1.82) is 0 Å². The predicted molar refractivity (Wildman–Crippen MR) is 128 cm³/mol. The van der Waals surface area contributed by atoms with Crippen LogP contribution in [-0.2, 0) is 6.42 Å². The summed E-state index contributed by atoms with van der Waals surface area (Å²) in [6.07, 6.45) is 8.15. The largest absolute Gasteiger partial charge is 0.497 e. The molecule has 0 spiro atoms. The van der Waals surface area contributed by atoms with Crippen LogP contribution in [0.4, 0.5) is 0 Å². The average Bonchev–Trinajstić information content (AvgIpc) is 2.76. The summed E-state index contributed by atoms with van der Waals surface area (Å²) in [6.45, 7) is 8.08. The van der Waals surface area contributed by atoms with Gasteiger partial charge >= 0.3 is 0 Å². The summed E-state index contributed by atoms with van der Waals surface area (Å²) >= 11 is 0. The first-order chi connectivity index (χ1) is 15.3. The smallest absolute Gasteiger partial charge is 0.204 e. The maximum absolute atomic E-state index is 13.7. The van der Waals surface area contributed by atoms with E-state index < -0.39 is 5.60 Å². The van der Waals surface area contributed by atoms with E-state index in [1.807, 2.05) is 64.1 Å². The van der Waals surface area contributed by atoms with Gasteiger partial charge in [0.2, 0.25) is 5.43 Å². The van der Waals surface area contributed by atoms with Crippen molar-refractivity contribution in [2.24, 2.45) is 0 Å². The highest BCUT2D eigenvalue weighted by Crippen LogP contribution is 2.45. The van der Waals surface area contributed by atoms with Gasteiger partial charge in [-0.2, -0.15) is 0 Å². The summed E-state index contributed by atoms with van der Waals surface area (Å²) in [5.41, 5.74) is 3.83. The van der Waals surface area contributed by atoms with Gasteiger partial charge in [-0.15, -0.1) is 0 Å². The molecule has 3 aromatic rings. The summed E-state index contributed by atoms with van der Waals surface area (Å²) in [4.78, 5) is 13.7. The second-order valence-electron chi connectivity index (χ2n) is 8.69. The fraction of sp³-hybridized carbons (Fsp3) is 0.296. The van der Waals surface area contributed by atoms with Gasteiger partial charge in [-0.3, -0.25) is 4.79 Å². The molecular weight excluding hydrogens is 404 g/mol. The summed E-state index contributed by atoms with van der Waals surface area (Å²) in [5, 5.41) is 0.421. The topological polar surface area (TPSA) is 57.9 Å². The Morgan fingerprint density at radius 3 is 2.44 bits per heavy atom. The summed E-state index contributed by atoms with van der Waals surface area (Å²) < 4.78 is 23.5. The maximum Gasteiger partial charge on any atom is 0.204 e. The van der Waals surface area contributed by atoms with Crippen LogP contribution < -0.4 is 19.6 Å². The van der Waals surface area contributed by atoms with Gasteiger partial charge in [0.15, 0.2) is 5.58 Å². The highest BCUT2D eigenvalue weighted by atomic mass is 16.5. The number of ether oxygens (including phenoxy) is 3. The molecule has 4 rings (SSSR count). The molecule has 1 aromatic heterocycles. The molecule has 1 aliphatic heterocycles. The van der Waals surface area contributed by atoms with Crippen LogP contribution in [0.3, 0.4) is 0 Å². The van der Waals surface area contributed by atoms with Gasteiger partial charge in [-0.1, -0.05) is 23.8 Å². The molecular formula is C27H28O5. The third kappa shape index (κ3) is 3.79. The Kier molecular flexibility index (Phi) is 5.59. The van der Waals surface area contributed by atoms with Gasteiger partial charge in [0, 0.05) is 5.56 Å². The molecule has 0 unspecified atom stereocenters. The lowest BCUT2D eigenvalue weighted by Gasteiger charge is -2.30. The minimum atomic E-state index is -0.477. The van der Waals surface area contributed by atoms with Crippen LogP contribution in [0.2, 0.25) is 0 Å².